The third-order valence-electron chi connectivity index (χ3n) is 3.65. The molecule has 0 spiro atoms. The summed E-state index contributed by atoms with van der Waals surface area (Å²) in [5.41, 5.74) is 1.51. The van der Waals surface area contributed by atoms with E-state index in [4.69, 9.17) is 16.3 Å². The minimum atomic E-state index is 0.437. The number of rotatable bonds is 6. The van der Waals surface area contributed by atoms with Crippen LogP contribution < -0.4 is 15.0 Å². The van der Waals surface area contributed by atoms with Crippen LogP contribution in [0.1, 0.15) is 12.8 Å². The molecule has 0 aliphatic heterocycles. The standard InChI is InChI=1S/C14H21ClN2O/c1-16-9-14(6-7-14)10-17(2)13-5-4-11(18-3)8-12(13)15/h4-5,8,16H,6-7,9-10H2,1-3H3. The van der Waals surface area contributed by atoms with E-state index < -0.39 is 0 Å². The van der Waals surface area contributed by atoms with Gasteiger partial charge < -0.3 is 15.0 Å². The van der Waals surface area contributed by atoms with E-state index in [9.17, 15) is 0 Å². The van der Waals surface area contributed by atoms with E-state index in [2.05, 4.69) is 17.3 Å². The van der Waals surface area contributed by atoms with Crippen LogP contribution in [0, 0.1) is 5.41 Å². The van der Waals surface area contributed by atoms with Gasteiger partial charge in [0.2, 0.25) is 0 Å². The smallest absolute Gasteiger partial charge is 0.120 e. The van der Waals surface area contributed by atoms with Gasteiger partial charge in [0.05, 0.1) is 17.8 Å². The predicted molar refractivity (Wildman–Crippen MR) is 76.9 cm³/mol. The average Bonchev–Trinajstić information content (AvgIpc) is 3.08. The molecule has 0 heterocycles. The van der Waals surface area contributed by atoms with Crippen LogP contribution in [0.5, 0.6) is 5.75 Å². The van der Waals surface area contributed by atoms with Crippen LogP contribution >= 0.6 is 11.6 Å². The topological polar surface area (TPSA) is 24.5 Å². The van der Waals surface area contributed by atoms with E-state index in [1.54, 1.807) is 7.11 Å². The Hall–Kier alpha value is -0.930. The third-order valence-corrected chi connectivity index (χ3v) is 3.95. The maximum Gasteiger partial charge on any atom is 0.120 e. The van der Waals surface area contributed by atoms with Crippen molar-refractivity contribution >= 4 is 17.3 Å². The Morgan fingerprint density at radius 1 is 1.44 bits per heavy atom. The molecule has 1 aliphatic rings. The molecule has 1 aromatic carbocycles. The zero-order chi connectivity index (χ0) is 13.2. The van der Waals surface area contributed by atoms with Crippen LogP contribution in [0.3, 0.4) is 0 Å². The van der Waals surface area contributed by atoms with E-state index >= 15 is 0 Å². The molecule has 1 saturated carbocycles. The van der Waals surface area contributed by atoms with Gasteiger partial charge in [-0.05, 0) is 32.0 Å². The Morgan fingerprint density at radius 3 is 2.67 bits per heavy atom. The predicted octanol–water partition coefficient (Wildman–Crippen LogP) is 2.78. The number of benzene rings is 1. The molecule has 1 fully saturated rings. The minimum Gasteiger partial charge on any atom is -0.497 e. The van der Waals surface area contributed by atoms with Crippen LogP contribution in [0.15, 0.2) is 18.2 Å². The first kappa shape index (κ1) is 13.5. The molecule has 1 aromatic rings. The van der Waals surface area contributed by atoms with Gasteiger partial charge in [-0.2, -0.15) is 0 Å². The fraction of sp³-hybridized carbons (Fsp3) is 0.571. The van der Waals surface area contributed by atoms with E-state index in [-0.39, 0.29) is 0 Å². The summed E-state index contributed by atoms with van der Waals surface area (Å²) in [5.74, 6) is 0.800. The maximum atomic E-state index is 6.29. The molecule has 18 heavy (non-hydrogen) atoms. The van der Waals surface area contributed by atoms with Crippen LogP contribution in [-0.4, -0.2) is 34.3 Å². The second-order valence-corrected chi connectivity index (χ2v) is 5.61. The zero-order valence-electron chi connectivity index (χ0n) is 11.3. The van der Waals surface area contributed by atoms with Crippen molar-refractivity contribution < 1.29 is 4.74 Å². The lowest BCUT2D eigenvalue weighted by atomic mass is 10.1. The number of nitrogens with one attached hydrogen (secondary N) is 1. The van der Waals surface area contributed by atoms with Crippen molar-refractivity contribution in [1.82, 2.24) is 5.32 Å². The number of ether oxygens (including phenoxy) is 1. The Balaban J connectivity index is 2.07. The summed E-state index contributed by atoms with van der Waals surface area (Å²) < 4.78 is 5.17. The first-order valence-electron chi connectivity index (χ1n) is 6.29. The van der Waals surface area contributed by atoms with Crippen molar-refractivity contribution in [2.75, 3.05) is 39.2 Å². The summed E-state index contributed by atoms with van der Waals surface area (Å²) in [6, 6.07) is 5.84. The largest absolute Gasteiger partial charge is 0.497 e. The highest BCUT2D eigenvalue weighted by atomic mass is 35.5. The number of halogens is 1. The highest BCUT2D eigenvalue weighted by Gasteiger charge is 2.42. The van der Waals surface area contributed by atoms with E-state index in [0.29, 0.717) is 5.41 Å². The summed E-state index contributed by atoms with van der Waals surface area (Å²) in [6.07, 6.45) is 2.60. The van der Waals surface area contributed by atoms with Gasteiger partial charge in [-0.15, -0.1) is 0 Å². The van der Waals surface area contributed by atoms with Gasteiger partial charge in [0.1, 0.15) is 5.75 Å². The second kappa shape index (κ2) is 5.37. The third kappa shape index (κ3) is 2.90. The lowest BCUT2D eigenvalue weighted by Crippen LogP contribution is -2.32. The van der Waals surface area contributed by atoms with Crippen molar-refractivity contribution in [3.05, 3.63) is 23.2 Å². The molecule has 0 unspecified atom stereocenters. The highest BCUT2D eigenvalue weighted by molar-refractivity contribution is 6.33. The molecule has 0 saturated heterocycles. The van der Waals surface area contributed by atoms with Gasteiger partial charge in [0, 0.05) is 31.6 Å². The van der Waals surface area contributed by atoms with Crippen LogP contribution in [0.2, 0.25) is 5.02 Å². The molecule has 0 radical (unpaired) electrons. The van der Waals surface area contributed by atoms with E-state index in [0.717, 1.165) is 29.5 Å². The molecule has 0 atom stereocenters. The summed E-state index contributed by atoms with van der Waals surface area (Å²) in [5, 5.41) is 4.03. The van der Waals surface area contributed by atoms with Crippen molar-refractivity contribution in [3.8, 4) is 5.75 Å². The lowest BCUT2D eigenvalue weighted by Gasteiger charge is -2.26. The van der Waals surface area contributed by atoms with Crippen molar-refractivity contribution in [2.24, 2.45) is 5.41 Å². The Bertz CT molecular complexity index is 418. The molecular formula is C14H21ClN2O. The van der Waals surface area contributed by atoms with Gasteiger partial charge in [-0.3, -0.25) is 0 Å². The first-order chi connectivity index (χ1) is 8.60. The fourth-order valence-corrected chi connectivity index (χ4v) is 2.77. The van der Waals surface area contributed by atoms with Crippen molar-refractivity contribution in [1.29, 1.82) is 0 Å². The molecule has 1 N–H and O–H groups in total. The number of hydrogen-bond donors (Lipinski definition) is 1. The Labute approximate surface area is 114 Å². The maximum absolute atomic E-state index is 6.29. The second-order valence-electron chi connectivity index (χ2n) is 5.20. The summed E-state index contributed by atoms with van der Waals surface area (Å²) in [6.45, 7) is 2.12. The SMILES string of the molecule is CNCC1(CN(C)c2ccc(OC)cc2Cl)CC1. The van der Waals surface area contributed by atoms with Crippen LogP contribution in [0.4, 0.5) is 5.69 Å². The van der Waals surface area contributed by atoms with Gasteiger partial charge >= 0.3 is 0 Å². The molecular weight excluding hydrogens is 248 g/mol. The summed E-state index contributed by atoms with van der Waals surface area (Å²) in [7, 11) is 5.77. The van der Waals surface area contributed by atoms with Gasteiger partial charge in [0.15, 0.2) is 0 Å². The minimum absolute atomic E-state index is 0.437. The molecule has 3 nitrogen and oxygen atoms in total. The zero-order valence-corrected chi connectivity index (χ0v) is 12.0. The highest BCUT2D eigenvalue weighted by Crippen LogP contribution is 2.46. The quantitative estimate of drug-likeness (QED) is 0.859. The Kier molecular flexibility index (Phi) is 4.03. The van der Waals surface area contributed by atoms with Crippen molar-refractivity contribution in [3.63, 3.8) is 0 Å². The van der Waals surface area contributed by atoms with Crippen LogP contribution in [0.25, 0.3) is 0 Å². The fourth-order valence-electron chi connectivity index (χ4n) is 2.46. The number of anilines is 1. The van der Waals surface area contributed by atoms with E-state index in [1.165, 1.54) is 12.8 Å². The monoisotopic (exact) mass is 268 g/mol. The summed E-state index contributed by atoms with van der Waals surface area (Å²) in [4.78, 5) is 2.24. The number of nitrogens with zero attached hydrogens (tertiary/aromatic N) is 1. The summed E-state index contributed by atoms with van der Waals surface area (Å²) >= 11 is 6.29. The van der Waals surface area contributed by atoms with Gasteiger partial charge in [-0.25, -0.2) is 0 Å². The van der Waals surface area contributed by atoms with Gasteiger partial charge in [-0.1, -0.05) is 11.6 Å². The van der Waals surface area contributed by atoms with Crippen LogP contribution in [-0.2, 0) is 0 Å². The Morgan fingerprint density at radius 2 is 2.17 bits per heavy atom. The molecule has 0 bridgehead atoms. The molecule has 0 amide bonds. The number of hydrogen-bond acceptors (Lipinski definition) is 3. The van der Waals surface area contributed by atoms with E-state index in [1.807, 2.05) is 25.2 Å². The molecule has 0 aromatic heterocycles. The molecule has 100 valence electrons. The number of methoxy groups -OCH3 is 1. The average molecular weight is 269 g/mol. The first-order valence-corrected chi connectivity index (χ1v) is 6.67. The normalized spacial score (nSPS) is 16.4. The molecule has 1 aliphatic carbocycles. The lowest BCUT2D eigenvalue weighted by molar-refractivity contribution is 0.415. The molecule has 2 rings (SSSR count). The van der Waals surface area contributed by atoms with Gasteiger partial charge in [0.25, 0.3) is 0 Å². The van der Waals surface area contributed by atoms with Crippen molar-refractivity contribution in [2.45, 2.75) is 12.8 Å². The molecule has 4 heteroatoms.